The van der Waals surface area contributed by atoms with Gasteiger partial charge >= 0.3 is 6.03 Å². The molecule has 1 unspecified atom stereocenters. The zero-order chi connectivity index (χ0) is 23.4. The molecule has 7 nitrogen and oxygen atoms in total. The summed E-state index contributed by atoms with van der Waals surface area (Å²) in [4.78, 5) is 26.1. The first-order valence-corrected chi connectivity index (χ1v) is 9.82. The van der Waals surface area contributed by atoms with Crippen molar-refractivity contribution in [1.29, 1.82) is 0 Å². The molecular weight excluding hydrogens is 440 g/mol. The molecule has 2 aromatic heterocycles. The lowest BCUT2D eigenvalue weighted by Crippen LogP contribution is -2.29. The van der Waals surface area contributed by atoms with Crippen molar-refractivity contribution < 1.29 is 22.4 Å². The van der Waals surface area contributed by atoms with Crippen LogP contribution in [-0.2, 0) is 0 Å². The van der Waals surface area contributed by atoms with Crippen LogP contribution in [0.3, 0.4) is 0 Å². The Morgan fingerprint density at radius 3 is 2.52 bits per heavy atom. The number of rotatable bonds is 3. The summed E-state index contributed by atoms with van der Waals surface area (Å²) in [5, 5.41) is 0.468. The fraction of sp³-hybridized carbons (Fsp3) is 0.136. The van der Waals surface area contributed by atoms with Crippen molar-refractivity contribution in [3.63, 3.8) is 0 Å². The fourth-order valence-electron chi connectivity index (χ4n) is 4.10. The number of halogens is 4. The predicted octanol–water partition coefficient (Wildman–Crippen LogP) is 4.38. The lowest BCUT2D eigenvalue weighted by atomic mass is 10.0. The second kappa shape index (κ2) is 7.47. The van der Waals surface area contributed by atoms with E-state index in [-0.39, 0.29) is 29.2 Å². The van der Waals surface area contributed by atoms with Crippen LogP contribution in [0.15, 0.2) is 42.9 Å². The summed E-state index contributed by atoms with van der Waals surface area (Å²) < 4.78 is 56.5. The number of carbonyl (C=O) groups excluding carboxylic acids is 1. The van der Waals surface area contributed by atoms with Crippen molar-refractivity contribution in [2.75, 3.05) is 24.2 Å². The molecule has 4 aromatic rings. The molecule has 168 valence electrons. The lowest BCUT2D eigenvalue weighted by Gasteiger charge is -2.18. The van der Waals surface area contributed by atoms with Crippen molar-refractivity contribution in [3.8, 4) is 11.1 Å². The number of benzene rings is 2. The van der Waals surface area contributed by atoms with E-state index in [9.17, 15) is 18.0 Å². The van der Waals surface area contributed by atoms with E-state index in [2.05, 4.69) is 15.0 Å². The molecule has 11 heteroatoms. The van der Waals surface area contributed by atoms with Gasteiger partial charge in [0.15, 0.2) is 11.6 Å². The summed E-state index contributed by atoms with van der Waals surface area (Å²) in [6.45, 7) is -0.0794. The monoisotopic (exact) mass is 456 g/mol. The Hall–Kier alpha value is -4.15. The van der Waals surface area contributed by atoms with Gasteiger partial charge in [-0.2, -0.15) is 0 Å². The van der Waals surface area contributed by atoms with E-state index in [0.717, 1.165) is 6.07 Å². The normalized spacial score (nSPS) is 16.3. The maximum Gasteiger partial charge on any atom is 0.324 e. The molecule has 0 aliphatic carbocycles. The topological polar surface area (TPSA) is 91.1 Å². The zero-order valence-corrected chi connectivity index (χ0v) is 17.1. The molecule has 33 heavy (non-hydrogen) atoms. The Labute approximate surface area is 184 Å². The highest BCUT2D eigenvalue weighted by Crippen LogP contribution is 2.37. The summed E-state index contributed by atoms with van der Waals surface area (Å²) in [5.74, 6) is -3.95. The molecule has 5 rings (SSSR count). The van der Waals surface area contributed by atoms with Gasteiger partial charge in [-0.25, -0.2) is 32.3 Å². The van der Waals surface area contributed by atoms with E-state index < -0.39 is 35.3 Å². The number of nitrogens with one attached hydrogen (secondary N) is 1. The van der Waals surface area contributed by atoms with Gasteiger partial charge in [0.2, 0.25) is 0 Å². The lowest BCUT2D eigenvalue weighted by molar-refractivity contribution is 0.218. The molecule has 1 atom stereocenters. The molecule has 1 saturated heterocycles. The van der Waals surface area contributed by atoms with E-state index in [4.69, 9.17) is 5.73 Å². The third-order valence-electron chi connectivity index (χ3n) is 5.81. The van der Waals surface area contributed by atoms with Gasteiger partial charge < -0.3 is 15.6 Å². The third-order valence-corrected chi connectivity index (χ3v) is 5.81. The maximum absolute atomic E-state index is 15.1. The van der Waals surface area contributed by atoms with Crippen LogP contribution >= 0.6 is 0 Å². The molecule has 1 aliphatic rings. The standard InChI is InChI=1S/C22H16F4N6O/c1-31-18(12-5-16(25)17(26)6-15(12)24)8-32(22(31)33)10-2-3-11(14(23)4-10)13-7-28-21-19(13)20(27)29-9-30-21/h2-7,9,18H,8H2,1H3,(H3,27,28,29,30). The van der Waals surface area contributed by atoms with Crippen LogP contribution in [-0.4, -0.2) is 39.5 Å². The zero-order valence-electron chi connectivity index (χ0n) is 17.1. The molecule has 1 aliphatic heterocycles. The number of hydrogen-bond acceptors (Lipinski definition) is 4. The Morgan fingerprint density at radius 2 is 1.76 bits per heavy atom. The van der Waals surface area contributed by atoms with Gasteiger partial charge in [0.05, 0.1) is 18.0 Å². The van der Waals surface area contributed by atoms with Gasteiger partial charge in [-0.05, 0) is 24.3 Å². The second-order valence-electron chi connectivity index (χ2n) is 7.66. The Kier molecular flexibility index (Phi) is 4.69. The van der Waals surface area contributed by atoms with Crippen LogP contribution in [0.4, 0.5) is 33.9 Å². The quantitative estimate of drug-likeness (QED) is 0.354. The number of amides is 2. The minimum Gasteiger partial charge on any atom is -0.383 e. The number of carbonyl (C=O) groups is 1. The molecule has 2 amide bonds. The van der Waals surface area contributed by atoms with Gasteiger partial charge in [0, 0.05) is 41.7 Å². The van der Waals surface area contributed by atoms with E-state index in [1.165, 1.54) is 41.4 Å². The SMILES string of the molecule is CN1C(=O)N(c2ccc(-c3c[nH]c4ncnc(N)c34)c(F)c2)CC1c1cc(F)c(F)cc1F. The summed E-state index contributed by atoms with van der Waals surface area (Å²) in [6.07, 6.45) is 2.85. The highest BCUT2D eigenvalue weighted by molar-refractivity contribution is 6.01. The van der Waals surface area contributed by atoms with Crippen LogP contribution in [0.5, 0.6) is 0 Å². The number of urea groups is 1. The number of likely N-dealkylation sites (N-methyl/N-ethyl adjacent to an activating group) is 1. The number of hydrogen-bond donors (Lipinski definition) is 2. The average Bonchev–Trinajstić information content (AvgIpc) is 3.33. The van der Waals surface area contributed by atoms with Crippen molar-refractivity contribution in [1.82, 2.24) is 19.9 Å². The van der Waals surface area contributed by atoms with E-state index in [0.29, 0.717) is 22.7 Å². The van der Waals surface area contributed by atoms with Crippen molar-refractivity contribution in [3.05, 3.63) is 71.7 Å². The highest BCUT2D eigenvalue weighted by atomic mass is 19.2. The van der Waals surface area contributed by atoms with Crippen LogP contribution in [0.2, 0.25) is 0 Å². The van der Waals surface area contributed by atoms with Crippen molar-refractivity contribution >= 4 is 28.6 Å². The van der Waals surface area contributed by atoms with E-state index in [1.807, 2.05) is 0 Å². The van der Waals surface area contributed by atoms with E-state index in [1.54, 1.807) is 6.20 Å². The molecule has 0 spiro atoms. The number of nitrogen functional groups attached to an aromatic ring is 1. The third kappa shape index (κ3) is 3.23. The number of aromatic amines is 1. The summed E-state index contributed by atoms with van der Waals surface area (Å²) in [6, 6.07) is 3.93. The largest absolute Gasteiger partial charge is 0.383 e. The van der Waals surface area contributed by atoms with Gasteiger partial charge in [-0.15, -0.1) is 0 Å². The molecule has 3 N–H and O–H groups in total. The summed E-state index contributed by atoms with van der Waals surface area (Å²) in [7, 11) is 1.41. The fourth-order valence-corrected chi connectivity index (χ4v) is 4.10. The molecule has 0 saturated carbocycles. The summed E-state index contributed by atoms with van der Waals surface area (Å²) >= 11 is 0. The number of H-pyrrole nitrogens is 1. The van der Waals surface area contributed by atoms with Gasteiger partial charge in [-0.1, -0.05) is 0 Å². The first kappa shape index (κ1) is 20.7. The molecule has 0 bridgehead atoms. The van der Waals surface area contributed by atoms with Crippen LogP contribution in [0.25, 0.3) is 22.2 Å². The molecule has 1 fully saturated rings. The molecule has 2 aromatic carbocycles. The first-order chi connectivity index (χ1) is 15.8. The number of nitrogens with two attached hydrogens (primary N) is 1. The Morgan fingerprint density at radius 1 is 1.00 bits per heavy atom. The van der Waals surface area contributed by atoms with Gasteiger partial charge in [-0.3, -0.25) is 4.90 Å². The van der Waals surface area contributed by atoms with Crippen LogP contribution in [0.1, 0.15) is 11.6 Å². The van der Waals surface area contributed by atoms with Crippen molar-refractivity contribution in [2.24, 2.45) is 0 Å². The van der Waals surface area contributed by atoms with Gasteiger partial charge in [0.1, 0.15) is 29.4 Å². The smallest absolute Gasteiger partial charge is 0.324 e. The van der Waals surface area contributed by atoms with Crippen LogP contribution < -0.4 is 10.6 Å². The minimum absolute atomic E-state index is 0.0794. The Bertz CT molecular complexity index is 1420. The highest BCUT2D eigenvalue weighted by Gasteiger charge is 2.38. The number of aromatic nitrogens is 3. The molecule has 0 radical (unpaired) electrons. The molecule has 3 heterocycles. The number of fused-ring (bicyclic) bond motifs is 1. The van der Waals surface area contributed by atoms with Crippen LogP contribution in [0, 0.1) is 23.3 Å². The second-order valence-corrected chi connectivity index (χ2v) is 7.66. The number of anilines is 2. The Balaban J connectivity index is 1.50. The minimum atomic E-state index is -1.32. The first-order valence-electron chi connectivity index (χ1n) is 9.82. The maximum atomic E-state index is 15.1. The molecular formula is C22H16F4N6O. The van der Waals surface area contributed by atoms with E-state index >= 15 is 4.39 Å². The van der Waals surface area contributed by atoms with Crippen molar-refractivity contribution in [2.45, 2.75) is 6.04 Å². The number of nitrogens with zero attached hydrogens (tertiary/aromatic N) is 4. The predicted molar refractivity (Wildman–Crippen MR) is 113 cm³/mol. The average molecular weight is 456 g/mol. The summed E-state index contributed by atoms with van der Waals surface area (Å²) in [5.41, 5.74) is 7.11. The van der Waals surface area contributed by atoms with Gasteiger partial charge in [0.25, 0.3) is 0 Å².